The zero-order chi connectivity index (χ0) is 12.2. The van der Waals surface area contributed by atoms with E-state index in [-0.39, 0.29) is 17.9 Å². The summed E-state index contributed by atoms with van der Waals surface area (Å²) in [7, 11) is 0. The number of halogens is 1. The van der Waals surface area contributed by atoms with Gasteiger partial charge in [0.15, 0.2) is 0 Å². The molecule has 4 heteroatoms. The Bertz CT molecular complexity index is 331. The Hall–Kier alpha value is -0.770. The SMILES string of the molecule is CCC(C)(CO)NCc1c(O)cccc1Cl. The van der Waals surface area contributed by atoms with Crippen LogP contribution in [0.2, 0.25) is 5.02 Å². The van der Waals surface area contributed by atoms with E-state index in [0.717, 1.165) is 6.42 Å². The molecule has 1 atom stereocenters. The Morgan fingerprint density at radius 1 is 1.44 bits per heavy atom. The fraction of sp³-hybridized carbons (Fsp3) is 0.500. The minimum Gasteiger partial charge on any atom is -0.508 e. The molecule has 3 nitrogen and oxygen atoms in total. The van der Waals surface area contributed by atoms with Gasteiger partial charge in [0, 0.05) is 22.7 Å². The molecule has 0 amide bonds. The second kappa shape index (κ2) is 5.53. The second-order valence-corrected chi connectivity index (χ2v) is 4.57. The van der Waals surface area contributed by atoms with Crippen LogP contribution in [-0.2, 0) is 6.54 Å². The highest BCUT2D eigenvalue weighted by molar-refractivity contribution is 6.31. The maximum atomic E-state index is 9.65. The first-order valence-corrected chi connectivity index (χ1v) is 5.72. The van der Waals surface area contributed by atoms with Gasteiger partial charge in [0.25, 0.3) is 0 Å². The Balaban J connectivity index is 2.75. The topological polar surface area (TPSA) is 52.5 Å². The van der Waals surface area contributed by atoms with Crippen molar-refractivity contribution >= 4 is 11.6 Å². The van der Waals surface area contributed by atoms with Crippen molar-refractivity contribution in [3.8, 4) is 5.75 Å². The number of phenols is 1. The smallest absolute Gasteiger partial charge is 0.121 e. The Morgan fingerprint density at radius 3 is 2.62 bits per heavy atom. The van der Waals surface area contributed by atoms with Crippen LogP contribution in [0.3, 0.4) is 0 Å². The van der Waals surface area contributed by atoms with Crippen molar-refractivity contribution in [2.75, 3.05) is 6.61 Å². The molecule has 1 rings (SSSR count). The summed E-state index contributed by atoms with van der Waals surface area (Å²) in [6.07, 6.45) is 0.800. The van der Waals surface area contributed by atoms with Crippen molar-refractivity contribution in [1.29, 1.82) is 0 Å². The normalized spacial score (nSPS) is 14.8. The first-order chi connectivity index (χ1) is 7.52. The summed E-state index contributed by atoms with van der Waals surface area (Å²) >= 11 is 5.98. The van der Waals surface area contributed by atoms with Crippen LogP contribution >= 0.6 is 11.6 Å². The number of phenolic OH excluding ortho intramolecular Hbond substituents is 1. The van der Waals surface area contributed by atoms with E-state index >= 15 is 0 Å². The summed E-state index contributed by atoms with van der Waals surface area (Å²) < 4.78 is 0. The summed E-state index contributed by atoms with van der Waals surface area (Å²) in [5, 5.41) is 22.6. The fourth-order valence-corrected chi connectivity index (χ4v) is 1.55. The largest absolute Gasteiger partial charge is 0.508 e. The van der Waals surface area contributed by atoms with E-state index in [1.165, 1.54) is 0 Å². The van der Waals surface area contributed by atoms with E-state index in [1.54, 1.807) is 18.2 Å². The Morgan fingerprint density at radius 2 is 2.12 bits per heavy atom. The summed E-state index contributed by atoms with van der Waals surface area (Å²) in [6, 6.07) is 5.04. The highest BCUT2D eigenvalue weighted by Crippen LogP contribution is 2.25. The molecule has 0 fully saturated rings. The van der Waals surface area contributed by atoms with Crippen molar-refractivity contribution in [3.63, 3.8) is 0 Å². The number of rotatable bonds is 5. The molecule has 0 spiro atoms. The van der Waals surface area contributed by atoms with Gasteiger partial charge in [-0.1, -0.05) is 24.6 Å². The van der Waals surface area contributed by atoms with Gasteiger partial charge in [0.2, 0.25) is 0 Å². The van der Waals surface area contributed by atoms with Crippen LogP contribution in [0, 0.1) is 0 Å². The predicted molar refractivity (Wildman–Crippen MR) is 65.7 cm³/mol. The molecule has 0 saturated carbocycles. The van der Waals surface area contributed by atoms with Gasteiger partial charge in [-0.2, -0.15) is 0 Å². The molecule has 0 aliphatic rings. The van der Waals surface area contributed by atoms with E-state index in [4.69, 9.17) is 11.6 Å². The molecular weight excluding hydrogens is 226 g/mol. The Kier molecular flexibility index (Phi) is 4.59. The van der Waals surface area contributed by atoms with Crippen molar-refractivity contribution < 1.29 is 10.2 Å². The molecule has 1 aromatic rings. The fourth-order valence-electron chi connectivity index (χ4n) is 1.32. The number of aliphatic hydroxyl groups excluding tert-OH is 1. The maximum Gasteiger partial charge on any atom is 0.121 e. The minimum absolute atomic E-state index is 0.0503. The van der Waals surface area contributed by atoms with E-state index in [1.807, 2.05) is 13.8 Å². The van der Waals surface area contributed by atoms with Crippen molar-refractivity contribution in [1.82, 2.24) is 5.32 Å². The van der Waals surface area contributed by atoms with Gasteiger partial charge in [-0.15, -0.1) is 0 Å². The van der Waals surface area contributed by atoms with Gasteiger partial charge in [0.1, 0.15) is 5.75 Å². The first-order valence-electron chi connectivity index (χ1n) is 5.34. The van der Waals surface area contributed by atoms with Crippen molar-refractivity contribution in [3.05, 3.63) is 28.8 Å². The number of benzene rings is 1. The monoisotopic (exact) mass is 243 g/mol. The van der Waals surface area contributed by atoms with Crippen molar-refractivity contribution in [2.24, 2.45) is 0 Å². The molecule has 0 bridgehead atoms. The molecule has 16 heavy (non-hydrogen) atoms. The highest BCUT2D eigenvalue weighted by Gasteiger charge is 2.20. The van der Waals surface area contributed by atoms with E-state index in [0.29, 0.717) is 17.1 Å². The zero-order valence-corrected chi connectivity index (χ0v) is 10.4. The van der Waals surface area contributed by atoms with Crippen LogP contribution < -0.4 is 5.32 Å². The highest BCUT2D eigenvalue weighted by atomic mass is 35.5. The van der Waals surface area contributed by atoms with Crippen LogP contribution in [0.5, 0.6) is 5.75 Å². The standard InChI is InChI=1S/C12H18ClNO2/c1-3-12(2,8-15)14-7-9-10(13)5-4-6-11(9)16/h4-6,14-16H,3,7-8H2,1-2H3. The zero-order valence-electron chi connectivity index (χ0n) is 9.63. The van der Waals surface area contributed by atoms with Gasteiger partial charge in [-0.05, 0) is 25.5 Å². The van der Waals surface area contributed by atoms with Gasteiger partial charge in [0.05, 0.1) is 6.61 Å². The number of nitrogens with one attached hydrogen (secondary N) is 1. The third-order valence-electron chi connectivity index (χ3n) is 2.92. The van der Waals surface area contributed by atoms with Gasteiger partial charge < -0.3 is 15.5 Å². The molecule has 90 valence electrons. The summed E-state index contributed by atoms with van der Waals surface area (Å²) in [4.78, 5) is 0. The van der Waals surface area contributed by atoms with E-state index < -0.39 is 0 Å². The third kappa shape index (κ3) is 3.11. The van der Waals surface area contributed by atoms with Crippen LogP contribution in [0.25, 0.3) is 0 Å². The molecular formula is C12H18ClNO2. The van der Waals surface area contributed by atoms with Crippen molar-refractivity contribution in [2.45, 2.75) is 32.4 Å². The molecule has 0 aliphatic heterocycles. The molecule has 0 radical (unpaired) electrons. The molecule has 1 aromatic carbocycles. The van der Waals surface area contributed by atoms with E-state index in [9.17, 15) is 10.2 Å². The molecule has 0 saturated heterocycles. The number of hydrogen-bond acceptors (Lipinski definition) is 3. The average Bonchev–Trinajstić information content (AvgIpc) is 2.28. The lowest BCUT2D eigenvalue weighted by Gasteiger charge is -2.27. The van der Waals surface area contributed by atoms with Crippen LogP contribution in [0.15, 0.2) is 18.2 Å². The van der Waals surface area contributed by atoms with Gasteiger partial charge in [-0.25, -0.2) is 0 Å². The molecule has 0 aromatic heterocycles. The molecule has 3 N–H and O–H groups in total. The summed E-state index contributed by atoms with van der Waals surface area (Å²) in [5.74, 6) is 0.177. The maximum absolute atomic E-state index is 9.65. The van der Waals surface area contributed by atoms with Gasteiger partial charge >= 0.3 is 0 Å². The molecule has 0 heterocycles. The lowest BCUT2D eigenvalue weighted by atomic mass is 10.00. The minimum atomic E-state index is -0.342. The lowest BCUT2D eigenvalue weighted by molar-refractivity contribution is 0.168. The summed E-state index contributed by atoms with van der Waals surface area (Å²) in [5.41, 5.74) is 0.323. The second-order valence-electron chi connectivity index (χ2n) is 4.16. The number of aliphatic hydroxyl groups is 1. The van der Waals surface area contributed by atoms with Crippen LogP contribution in [0.4, 0.5) is 0 Å². The Labute approximate surface area is 101 Å². The summed E-state index contributed by atoms with van der Waals surface area (Å²) in [6.45, 7) is 4.42. The predicted octanol–water partition coefficient (Wildman–Crippen LogP) is 2.30. The third-order valence-corrected chi connectivity index (χ3v) is 3.27. The van der Waals surface area contributed by atoms with Gasteiger partial charge in [-0.3, -0.25) is 0 Å². The first kappa shape index (κ1) is 13.3. The quantitative estimate of drug-likeness (QED) is 0.744. The molecule has 0 aliphatic carbocycles. The number of hydrogen-bond donors (Lipinski definition) is 3. The van der Waals surface area contributed by atoms with Crippen LogP contribution in [-0.4, -0.2) is 22.4 Å². The lowest BCUT2D eigenvalue weighted by Crippen LogP contribution is -2.44. The molecule has 1 unspecified atom stereocenters. The van der Waals surface area contributed by atoms with Crippen LogP contribution in [0.1, 0.15) is 25.8 Å². The number of aromatic hydroxyl groups is 1. The average molecular weight is 244 g/mol. The van der Waals surface area contributed by atoms with E-state index in [2.05, 4.69) is 5.32 Å².